The largest absolute Gasteiger partial charge is 0.338 e. The van der Waals surface area contributed by atoms with E-state index in [1.54, 1.807) is 23.3 Å². The van der Waals surface area contributed by atoms with Crippen LogP contribution in [-0.2, 0) is 0 Å². The van der Waals surface area contributed by atoms with Gasteiger partial charge in [-0.05, 0) is 30.5 Å². The molecule has 2 N–H and O–H groups in total. The Bertz CT molecular complexity index is 632. The number of imidazole rings is 1. The fraction of sp³-hybridized carbons (Fsp3) is 0.400. The van der Waals surface area contributed by atoms with Crippen LogP contribution in [0.2, 0.25) is 0 Å². The second kappa shape index (κ2) is 7.77. The Morgan fingerprint density at radius 1 is 1.39 bits per heavy atom. The van der Waals surface area contributed by atoms with Gasteiger partial charge in [0, 0.05) is 31.7 Å². The van der Waals surface area contributed by atoms with E-state index in [1.165, 1.54) is 0 Å². The molecular formula is C15H21Cl2N5O. The van der Waals surface area contributed by atoms with Crippen LogP contribution in [0.25, 0.3) is 5.82 Å². The number of hydrogen-bond donors (Lipinski definition) is 1. The zero-order valence-corrected chi connectivity index (χ0v) is 14.5. The third kappa shape index (κ3) is 4.02. The van der Waals surface area contributed by atoms with Crippen molar-refractivity contribution in [3.05, 3.63) is 42.6 Å². The molecular weight excluding hydrogens is 337 g/mol. The molecule has 1 aliphatic rings. The summed E-state index contributed by atoms with van der Waals surface area (Å²) in [5.41, 5.74) is 6.44. The predicted octanol–water partition coefficient (Wildman–Crippen LogP) is 1.92. The van der Waals surface area contributed by atoms with Crippen molar-refractivity contribution in [3.8, 4) is 5.82 Å². The SMILES string of the molecule is CC1(CN)CCN(C(=O)c2ccc(-n3ccnc3)nc2)C1.Cl.Cl. The fourth-order valence-corrected chi connectivity index (χ4v) is 2.61. The molecule has 3 heterocycles. The molecule has 1 fully saturated rings. The Hall–Kier alpha value is -1.63. The van der Waals surface area contributed by atoms with Crippen molar-refractivity contribution in [3.63, 3.8) is 0 Å². The second-order valence-electron chi connectivity index (χ2n) is 5.87. The van der Waals surface area contributed by atoms with E-state index >= 15 is 0 Å². The van der Waals surface area contributed by atoms with Crippen LogP contribution in [0.15, 0.2) is 37.1 Å². The summed E-state index contributed by atoms with van der Waals surface area (Å²) in [6.07, 6.45) is 7.76. The normalized spacial score (nSPS) is 19.8. The highest BCUT2D eigenvalue weighted by molar-refractivity contribution is 5.94. The number of likely N-dealkylation sites (tertiary alicyclic amines) is 1. The number of nitrogens with zero attached hydrogens (tertiary/aromatic N) is 4. The Balaban J connectivity index is 0.00000132. The summed E-state index contributed by atoms with van der Waals surface area (Å²) in [5.74, 6) is 0.772. The molecule has 0 bridgehead atoms. The molecule has 3 rings (SSSR count). The van der Waals surface area contributed by atoms with E-state index in [-0.39, 0.29) is 36.1 Å². The lowest BCUT2D eigenvalue weighted by atomic mass is 9.90. The maximum atomic E-state index is 12.5. The summed E-state index contributed by atoms with van der Waals surface area (Å²) in [7, 11) is 0. The van der Waals surface area contributed by atoms with Crippen molar-refractivity contribution >= 4 is 30.7 Å². The number of carbonyl (C=O) groups is 1. The summed E-state index contributed by atoms with van der Waals surface area (Å²) in [6, 6.07) is 3.63. The minimum absolute atomic E-state index is 0. The topological polar surface area (TPSA) is 77.0 Å². The summed E-state index contributed by atoms with van der Waals surface area (Å²) in [4.78, 5) is 22.6. The van der Waals surface area contributed by atoms with E-state index in [9.17, 15) is 4.79 Å². The summed E-state index contributed by atoms with van der Waals surface area (Å²) in [5, 5.41) is 0. The first-order valence-electron chi connectivity index (χ1n) is 7.05. The molecule has 1 unspecified atom stereocenters. The first kappa shape index (κ1) is 19.4. The predicted molar refractivity (Wildman–Crippen MR) is 93.5 cm³/mol. The molecule has 0 spiro atoms. The lowest BCUT2D eigenvalue weighted by Gasteiger charge is -2.22. The Labute approximate surface area is 147 Å². The summed E-state index contributed by atoms with van der Waals surface area (Å²) in [6.45, 7) is 4.21. The number of amides is 1. The van der Waals surface area contributed by atoms with Gasteiger partial charge in [0.1, 0.15) is 12.1 Å². The van der Waals surface area contributed by atoms with Gasteiger partial charge in [-0.3, -0.25) is 9.36 Å². The highest BCUT2D eigenvalue weighted by Gasteiger charge is 2.35. The molecule has 0 aliphatic carbocycles. The molecule has 2 aromatic rings. The number of rotatable bonds is 3. The van der Waals surface area contributed by atoms with Gasteiger partial charge in [0.25, 0.3) is 5.91 Å². The van der Waals surface area contributed by atoms with Crippen LogP contribution in [0, 0.1) is 5.41 Å². The van der Waals surface area contributed by atoms with Crippen LogP contribution in [0.1, 0.15) is 23.7 Å². The van der Waals surface area contributed by atoms with E-state index in [2.05, 4.69) is 16.9 Å². The fourth-order valence-electron chi connectivity index (χ4n) is 2.61. The van der Waals surface area contributed by atoms with Gasteiger partial charge in [-0.1, -0.05) is 6.92 Å². The third-order valence-corrected chi connectivity index (χ3v) is 4.10. The first-order chi connectivity index (χ1) is 10.1. The number of carbonyl (C=O) groups excluding carboxylic acids is 1. The van der Waals surface area contributed by atoms with Crippen LogP contribution >= 0.6 is 24.8 Å². The van der Waals surface area contributed by atoms with Crippen molar-refractivity contribution in [1.29, 1.82) is 0 Å². The molecule has 1 saturated heterocycles. The van der Waals surface area contributed by atoms with Crippen molar-refractivity contribution < 1.29 is 4.79 Å². The molecule has 1 aliphatic heterocycles. The van der Waals surface area contributed by atoms with Crippen molar-refractivity contribution in [1.82, 2.24) is 19.4 Å². The van der Waals surface area contributed by atoms with Crippen LogP contribution in [0.5, 0.6) is 0 Å². The van der Waals surface area contributed by atoms with E-state index in [4.69, 9.17) is 5.73 Å². The number of pyridine rings is 1. The maximum absolute atomic E-state index is 12.5. The van der Waals surface area contributed by atoms with Crippen LogP contribution in [-0.4, -0.2) is 45.0 Å². The van der Waals surface area contributed by atoms with Gasteiger partial charge in [-0.15, -0.1) is 24.8 Å². The zero-order chi connectivity index (χ0) is 14.9. The zero-order valence-electron chi connectivity index (χ0n) is 12.9. The monoisotopic (exact) mass is 357 g/mol. The Morgan fingerprint density at radius 2 is 2.17 bits per heavy atom. The van der Waals surface area contributed by atoms with Crippen molar-refractivity contribution in [2.45, 2.75) is 13.3 Å². The lowest BCUT2D eigenvalue weighted by molar-refractivity contribution is 0.0776. The molecule has 23 heavy (non-hydrogen) atoms. The molecule has 126 valence electrons. The first-order valence-corrected chi connectivity index (χ1v) is 7.05. The molecule has 1 atom stereocenters. The number of nitrogens with two attached hydrogens (primary N) is 1. The number of hydrogen-bond acceptors (Lipinski definition) is 4. The number of aromatic nitrogens is 3. The van der Waals surface area contributed by atoms with Gasteiger partial charge in [-0.2, -0.15) is 0 Å². The Morgan fingerprint density at radius 3 is 2.70 bits per heavy atom. The molecule has 0 radical (unpaired) electrons. The molecule has 0 saturated carbocycles. The minimum atomic E-state index is 0. The maximum Gasteiger partial charge on any atom is 0.255 e. The molecule has 6 nitrogen and oxygen atoms in total. The summed E-state index contributed by atoms with van der Waals surface area (Å²) < 4.78 is 1.80. The van der Waals surface area contributed by atoms with E-state index in [1.807, 2.05) is 23.2 Å². The van der Waals surface area contributed by atoms with Crippen molar-refractivity contribution in [2.75, 3.05) is 19.6 Å². The average Bonchev–Trinajstić information content (AvgIpc) is 3.17. The smallest absolute Gasteiger partial charge is 0.255 e. The van der Waals surface area contributed by atoms with E-state index in [0.717, 1.165) is 18.8 Å². The van der Waals surface area contributed by atoms with Crippen LogP contribution in [0.4, 0.5) is 0 Å². The second-order valence-corrected chi connectivity index (χ2v) is 5.87. The number of halogens is 2. The van der Waals surface area contributed by atoms with Crippen LogP contribution in [0.3, 0.4) is 0 Å². The van der Waals surface area contributed by atoms with E-state index < -0.39 is 0 Å². The standard InChI is InChI=1S/C15H19N5O.2ClH/c1-15(9-16)4-6-19(10-15)14(21)12-2-3-13(18-8-12)20-7-5-17-11-20;;/h2-3,5,7-8,11H,4,6,9-10,16H2,1H3;2*1H. The highest BCUT2D eigenvalue weighted by Crippen LogP contribution is 2.29. The van der Waals surface area contributed by atoms with Crippen LogP contribution < -0.4 is 5.73 Å². The average molecular weight is 358 g/mol. The van der Waals surface area contributed by atoms with E-state index in [0.29, 0.717) is 18.7 Å². The summed E-state index contributed by atoms with van der Waals surface area (Å²) >= 11 is 0. The van der Waals surface area contributed by atoms with Gasteiger partial charge >= 0.3 is 0 Å². The Kier molecular flexibility index (Phi) is 6.56. The molecule has 1 amide bonds. The quantitative estimate of drug-likeness (QED) is 0.910. The molecule has 2 aromatic heterocycles. The third-order valence-electron chi connectivity index (χ3n) is 4.10. The van der Waals surface area contributed by atoms with Gasteiger partial charge in [-0.25, -0.2) is 9.97 Å². The van der Waals surface area contributed by atoms with Gasteiger partial charge in [0.2, 0.25) is 0 Å². The lowest BCUT2D eigenvalue weighted by Crippen LogP contribution is -2.34. The molecule has 8 heteroatoms. The minimum Gasteiger partial charge on any atom is -0.338 e. The van der Waals surface area contributed by atoms with Gasteiger partial charge in [0.15, 0.2) is 0 Å². The van der Waals surface area contributed by atoms with Gasteiger partial charge < -0.3 is 10.6 Å². The molecule has 0 aromatic carbocycles. The van der Waals surface area contributed by atoms with Crippen molar-refractivity contribution in [2.24, 2.45) is 11.1 Å². The highest BCUT2D eigenvalue weighted by atomic mass is 35.5. The van der Waals surface area contributed by atoms with Gasteiger partial charge in [0.05, 0.1) is 5.56 Å².